The minimum atomic E-state index is -0.991. The highest BCUT2D eigenvalue weighted by Crippen LogP contribution is 2.48. The summed E-state index contributed by atoms with van der Waals surface area (Å²) >= 11 is 0. The molecule has 0 fully saturated rings. The number of benzene rings is 10. The van der Waals surface area contributed by atoms with Crippen LogP contribution in [0, 0.1) is 0 Å². The van der Waals surface area contributed by atoms with Gasteiger partial charge in [0, 0.05) is 0 Å². The minimum Gasteiger partial charge on any atom is -0.496 e. The SMILES string of the molecule is CCCCOc1ccc(CO/C=C/C(=O)Oc2cc3c4cc(OC(=O)/C=C/OCc5ccc(OCCCC)cc5)c(OC(=O)/C=C/OCc5ccc(OCCCC)cc5)cc4c4cc(OC(=O)/C=C/OCc5ccc(OCCCC)cc5)c(OC(=O)/C=C/OCc5ccc(OCCCC)cc5)cc4c3cc2OC(=O)/C=C/OCc2ccc(OCCCC)cc2)cc1. The molecule has 24 nitrogen and oxygen atoms in total. The Balaban J connectivity index is 1.08. The average molecular weight is 1720 g/mol. The van der Waals surface area contributed by atoms with Crippen molar-refractivity contribution in [2.24, 2.45) is 0 Å². The molecule has 660 valence electrons. The van der Waals surface area contributed by atoms with Gasteiger partial charge >= 0.3 is 35.8 Å². The fraction of sp³-hybridized carbons (Fsp3) is 0.294. The van der Waals surface area contributed by atoms with Crippen LogP contribution in [0.3, 0.4) is 0 Å². The molecule has 24 heteroatoms. The van der Waals surface area contributed by atoms with Crippen LogP contribution >= 0.6 is 0 Å². The van der Waals surface area contributed by atoms with E-state index in [0.717, 1.165) is 184 Å². The molecule has 0 aromatic heterocycles. The monoisotopic (exact) mass is 1720 g/mol. The Morgan fingerprint density at radius 1 is 0.206 bits per heavy atom. The highest BCUT2D eigenvalue weighted by molar-refractivity contribution is 6.27. The van der Waals surface area contributed by atoms with Crippen LogP contribution in [-0.4, -0.2) is 75.5 Å². The molecular formula is C102H108O24. The maximum Gasteiger partial charge on any atom is 0.339 e. The minimum absolute atomic E-state index is 0.0550. The summed E-state index contributed by atoms with van der Waals surface area (Å²) in [5.41, 5.74) is 4.61. The lowest BCUT2D eigenvalue weighted by atomic mass is 9.93. The van der Waals surface area contributed by atoms with E-state index in [1.165, 1.54) is 36.4 Å². The van der Waals surface area contributed by atoms with Crippen molar-refractivity contribution in [1.29, 1.82) is 0 Å². The smallest absolute Gasteiger partial charge is 0.339 e. The van der Waals surface area contributed by atoms with Gasteiger partial charge in [-0.05, 0) is 213 Å². The second kappa shape index (κ2) is 52.3. The van der Waals surface area contributed by atoms with E-state index in [2.05, 4.69) is 41.5 Å². The summed E-state index contributed by atoms with van der Waals surface area (Å²) in [5, 5.41) is 1.10. The maximum atomic E-state index is 14.3. The van der Waals surface area contributed by atoms with Crippen molar-refractivity contribution in [3.63, 3.8) is 0 Å². The molecule has 0 aliphatic heterocycles. The van der Waals surface area contributed by atoms with Crippen LogP contribution in [0.1, 0.15) is 152 Å². The number of esters is 6. The third-order valence-corrected chi connectivity index (χ3v) is 18.8. The van der Waals surface area contributed by atoms with Crippen molar-refractivity contribution in [2.75, 3.05) is 39.6 Å². The van der Waals surface area contributed by atoms with Crippen molar-refractivity contribution in [1.82, 2.24) is 0 Å². The van der Waals surface area contributed by atoms with Crippen LogP contribution in [0.4, 0.5) is 0 Å². The van der Waals surface area contributed by atoms with Crippen LogP contribution in [0.2, 0.25) is 0 Å². The first-order valence-corrected chi connectivity index (χ1v) is 42.5. The molecule has 10 aromatic rings. The van der Waals surface area contributed by atoms with Crippen molar-refractivity contribution >= 4 is 68.1 Å². The van der Waals surface area contributed by atoms with Gasteiger partial charge in [-0.3, -0.25) is 0 Å². The Morgan fingerprint density at radius 3 is 0.468 bits per heavy atom. The molecule has 126 heavy (non-hydrogen) atoms. The number of rotatable bonds is 54. The molecule has 0 N–H and O–H groups in total. The molecule has 0 amide bonds. The molecule has 10 rings (SSSR count). The normalized spacial score (nSPS) is 11.4. The third kappa shape index (κ3) is 31.9. The Hall–Kier alpha value is -14.2. The van der Waals surface area contributed by atoms with Gasteiger partial charge in [-0.25, -0.2) is 28.8 Å². The summed E-state index contributed by atoms with van der Waals surface area (Å²) in [7, 11) is 0. The number of fused-ring (bicyclic) bond motifs is 6. The summed E-state index contributed by atoms with van der Waals surface area (Å²) in [6, 6.07) is 52.2. The first-order chi connectivity index (χ1) is 61.7. The highest BCUT2D eigenvalue weighted by atomic mass is 16.6. The van der Waals surface area contributed by atoms with Crippen LogP contribution in [0.25, 0.3) is 32.3 Å². The molecule has 10 aromatic carbocycles. The average Bonchev–Trinajstić information content (AvgIpc) is 0.722. The molecule has 0 aliphatic rings. The quantitative estimate of drug-likeness (QED) is 0.00856. The topological polar surface area (TPSA) is 269 Å². The Morgan fingerprint density at radius 2 is 0.341 bits per heavy atom. The largest absolute Gasteiger partial charge is 0.496 e. The molecule has 0 atom stereocenters. The van der Waals surface area contributed by atoms with Crippen molar-refractivity contribution in [2.45, 2.75) is 158 Å². The lowest BCUT2D eigenvalue weighted by Crippen LogP contribution is -2.10. The van der Waals surface area contributed by atoms with Gasteiger partial charge in [-0.15, -0.1) is 0 Å². The van der Waals surface area contributed by atoms with E-state index in [0.29, 0.717) is 74.1 Å². The molecule has 0 saturated heterocycles. The summed E-state index contributed by atoms with van der Waals surface area (Å²) in [5.74, 6) is -3.81. The van der Waals surface area contributed by atoms with E-state index < -0.39 is 35.8 Å². The number of carbonyl (C=O) groups excluding carboxylic acids is 6. The molecule has 0 radical (unpaired) electrons. The molecule has 0 aliphatic carbocycles. The highest BCUT2D eigenvalue weighted by Gasteiger charge is 2.25. The van der Waals surface area contributed by atoms with E-state index in [-0.39, 0.29) is 106 Å². The summed E-state index contributed by atoms with van der Waals surface area (Å²) in [4.78, 5) is 85.8. The predicted octanol–water partition coefficient (Wildman–Crippen LogP) is 22.0. The Bertz CT molecular complexity index is 4440. The molecule has 0 saturated carbocycles. The maximum absolute atomic E-state index is 14.3. The molecular weight excluding hydrogens is 1610 g/mol. The summed E-state index contributed by atoms with van der Waals surface area (Å²) in [6.45, 7) is 16.2. The standard InChI is InChI=1S/C102H108O24/c1-7-13-49-115-79-31-19-73(20-32-79)67-109-55-43-97(103)121-91-61-85-86(62-92(91)122-98(104)44-56-110-68-74-21-33-80(34-22-74)116-50-14-8-2)88-64-94(124-100(106)46-58-112-70-76-25-37-82(38-26-76)118-52-16-10-4)96(126-102(108)48-60-114-72-78-29-41-84(42-30-78)120-54-18-12-6)66-90(88)89-65-95(125-101(107)47-59-113-71-77-27-39-83(40-28-77)119-53-17-11-5)93(63-87(85)89)123-99(105)45-57-111-69-75-23-35-81(36-24-75)117-51-15-9-3/h19-48,55-66H,7-18,49-54,67-72H2,1-6H3/b55-43+,56-44+,57-45+,58-46+,59-47+,60-48+. The third-order valence-electron chi connectivity index (χ3n) is 18.8. The fourth-order valence-electron chi connectivity index (χ4n) is 11.9. The van der Waals surface area contributed by atoms with Gasteiger partial charge in [-0.1, -0.05) is 153 Å². The van der Waals surface area contributed by atoms with Crippen molar-refractivity contribution in [3.8, 4) is 69.0 Å². The number of ether oxygens (including phenoxy) is 18. The lowest BCUT2D eigenvalue weighted by Gasteiger charge is -2.18. The number of unbranched alkanes of at least 4 members (excludes halogenated alkanes) is 6. The molecule has 0 heterocycles. The van der Waals surface area contributed by atoms with Gasteiger partial charge in [0.15, 0.2) is 34.5 Å². The van der Waals surface area contributed by atoms with Crippen LogP contribution in [0.5, 0.6) is 69.0 Å². The number of carbonyl (C=O) groups is 6. The Kier molecular flexibility index (Phi) is 39.1. The van der Waals surface area contributed by atoms with Crippen LogP contribution in [0.15, 0.2) is 256 Å². The van der Waals surface area contributed by atoms with Crippen molar-refractivity contribution < 1.29 is 114 Å². The first kappa shape index (κ1) is 94.1. The molecule has 0 bridgehead atoms. The van der Waals surface area contributed by atoms with Crippen molar-refractivity contribution in [3.05, 3.63) is 289 Å². The van der Waals surface area contributed by atoms with Gasteiger partial charge in [0.2, 0.25) is 0 Å². The lowest BCUT2D eigenvalue weighted by molar-refractivity contribution is -0.131. The first-order valence-electron chi connectivity index (χ1n) is 42.5. The van der Waals surface area contributed by atoms with E-state index in [9.17, 15) is 28.8 Å². The van der Waals surface area contributed by atoms with Crippen LogP contribution in [-0.2, 0) is 96.8 Å². The summed E-state index contributed by atoms with van der Waals surface area (Å²) in [6.07, 6.45) is 24.4. The second-order valence-electron chi connectivity index (χ2n) is 28.8. The number of hydrogen-bond donors (Lipinski definition) is 0. The Labute approximate surface area is 734 Å². The zero-order chi connectivity index (χ0) is 88.7. The van der Waals surface area contributed by atoms with Gasteiger partial charge < -0.3 is 85.3 Å². The van der Waals surface area contributed by atoms with E-state index in [4.69, 9.17) is 85.3 Å². The van der Waals surface area contributed by atoms with Crippen LogP contribution < -0.4 is 56.8 Å². The zero-order valence-electron chi connectivity index (χ0n) is 72.0. The van der Waals surface area contributed by atoms with Gasteiger partial charge in [-0.2, -0.15) is 0 Å². The van der Waals surface area contributed by atoms with Gasteiger partial charge in [0.25, 0.3) is 0 Å². The fourth-order valence-corrected chi connectivity index (χ4v) is 11.9. The van der Waals surface area contributed by atoms with Gasteiger partial charge in [0.05, 0.1) is 114 Å². The van der Waals surface area contributed by atoms with E-state index in [1.807, 2.05) is 146 Å². The molecule has 0 unspecified atom stereocenters. The number of hydrogen-bond acceptors (Lipinski definition) is 24. The molecule has 0 spiro atoms. The predicted molar refractivity (Wildman–Crippen MR) is 477 cm³/mol. The second-order valence-corrected chi connectivity index (χ2v) is 28.8. The summed E-state index contributed by atoms with van der Waals surface area (Å²) < 4.78 is 107. The van der Waals surface area contributed by atoms with E-state index in [1.54, 1.807) is 0 Å². The zero-order valence-corrected chi connectivity index (χ0v) is 72.0. The van der Waals surface area contributed by atoms with Gasteiger partial charge in [0.1, 0.15) is 74.1 Å². The van der Waals surface area contributed by atoms with E-state index >= 15 is 0 Å².